The molecule has 0 radical (unpaired) electrons. The summed E-state index contributed by atoms with van der Waals surface area (Å²) in [5.41, 5.74) is 3.56. The van der Waals surface area contributed by atoms with E-state index in [0.29, 0.717) is 16.7 Å². The Kier molecular flexibility index (Phi) is 3.65. The first-order valence-corrected chi connectivity index (χ1v) is 6.95. The third kappa shape index (κ3) is 2.58. The average Bonchev–Trinajstić information content (AvgIpc) is 2.92. The van der Waals surface area contributed by atoms with Gasteiger partial charge in [0.05, 0.1) is 5.56 Å². The first-order valence-electron chi connectivity index (χ1n) is 6.95. The van der Waals surface area contributed by atoms with Gasteiger partial charge in [0.15, 0.2) is 0 Å². The van der Waals surface area contributed by atoms with E-state index < -0.39 is 5.97 Å². The fraction of sp³-hybridized carbons (Fsp3) is 0.0556. The van der Waals surface area contributed by atoms with Crippen molar-refractivity contribution < 1.29 is 9.90 Å². The monoisotopic (exact) mass is 303 g/mol. The molecule has 0 aliphatic heterocycles. The van der Waals surface area contributed by atoms with Gasteiger partial charge in [-0.2, -0.15) is 5.26 Å². The molecule has 1 N–H and O–H groups in total. The lowest BCUT2D eigenvalue weighted by Gasteiger charge is -2.06. The van der Waals surface area contributed by atoms with E-state index in [2.05, 4.69) is 11.1 Å². The van der Waals surface area contributed by atoms with Crippen LogP contribution in [0, 0.1) is 11.3 Å². The van der Waals surface area contributed by atoms with E-state index in [4.69, 9.17) is 0 Å². The minimum absolute atomic E-state index is 0.107. The molecular formula is C18H13N3O2. The largest absolute Gasteiger partial charge is 0.477 e. The lowest BCUT2D eigenvalue weighted by Crippen LogP contribution is -2.05. The fourth-order valence-electron chi connectivity index (χ4n) is 2.62. The summed E-state index contributed by atoms with van der Waals surface area (Å²) in [6.07, 6.45) is 5.01. The second-order valence-corrected chi connectivity index (χ2v) is 5.11. The van der Waals surface area contributed by atoms with Crippen LogP contribution in [-0.4, -0.2) is 20.6 Å². The minimum atomic E-state index is -1.06. The van der Waals surface area contributed by atoms with Crippen molar-refractivity contribution in [1.29, 1.82) is 5.26 Å². The van der Waals surface area contributed by atoms with E-state index >= 15 is 0 Å². The van der Waals surface area contributed by atoms with E-state index in [0.717, 1.165) is 11.1 Å². The molecule has 0 saturated heterocycles. The molecule has 1 aromatic carbocycles. The molecule has 2 aromatic heterocycles. The zero-order valence-electron chi connectivity index (χ0n) is 12.4. The van der Waals surface area contributed by atoms with Gasteiger partial charge in [0.2, 0.25) is 0 Å². The SMILES string of the molecule is Cn1cc(C#N)c(-c2ccc(-c3cccnc3)cc2)c1C(=O)O. The lowest BCUT2D eigenvalue weighted by atomic mass is 9.99. The van der Waals surface area contributed by atoms with Crippen molar-refractivity contribution in [3.8, 4) is 28.3 Å². The number of aromatic nitrogens is 2. The molecule has 3 aromatic rings. The highest BCUT2D eigenvalue weighted by atomic mass is 16.4. The molecule has 0 fully saturated rings. The third-order valence-electron chi connectivity index (χ3n) is 3.67. The van der Waals surface area contributed by atoms with Gasteiger partial charge in [-0.3, -0.25) is 4.98 Å². The van der Waals surface area contributed by atoms with Crippen LogP contribution in [0.3, 0.4) is 0 Å². The summed E-state index contributed by atoms with van der Waals surface area (Å²) in [4.78, 5) is 15.6. The third-order valence-corrected chi connectivity index (χ3v) is 3.67. The predicted octanol–water partition coefficient (Wildman–Crippen LogP) is 3.32. The zero-order chi connectivity index (χ0) is 16.4. The van der Waals surface area contributed by atoms with E-state index in [1.54, 1.807) is 19.4 Å². The number of rotatable bonds is 3. The van der Waals surface area contributed by atoms with Crippen LogP contribution < -0.4 is 0 Å². The highest BCUT2D eigenvalue weighted by molar-refractivity contribution is 5.96. The number of nitrogens with zero attached hydrogens (tertiary/aromatic N) is 3. The number of carboxylic acids is 1. The number of benzene rings is 1. The van der Waals surface area contributed by atoms with Gasteiger partial charge in [0, 0.05) is 31.2 Å². The molecule has 5 heteroatoms. The lowest BCUT2D eigenvalue weighted by molar-refractivity contribution is 0.0687. The minimum Gasteiger partial charge on any atom is -0.477 e. The summed E-state index contributed by atoms with van der Waals surface area (Å²) < 4.78 is 1.46. The average molecular weight is 303 g/mol. The molecule has 5 nitrogen and oxygen atoms in total. The Hall–Kier alpha value is -3.39. The number of aryl methyl sites for hydroxylation is 1. The van der Waals surface area contributed by atoms with Crippen molar-refractivity contribution in [2.24, 2.45) is 7.05 Å². The number of carboxylic acid groups (broad SMARTS) is 1. The first kappa shape index (κ1) is 14.5. The second kappa shape index (κ2) is 5.78. The van der Waals surface area contributed by atoms with E-state index in [9.17, 15) is 15.2 Å². The smallest absolute Gasteiger partial charge is 0.353 e. The Bertz CT molecular complexity index is 904. The Morgan fingerprint density at radius 2 is 1.87 bits per heavy atom. The van der Waals surface area contributed by atoms with Gasteiger partial charge >= 0.3 is 5.97 Å². The second-order valence-electron chi connectivity index (χ2n) is 5.11. The van der Waals surface area contributed by atoms with Crippen LogP contribution in [0.2, 0.25) is 0 Å². The highest BCUT2D eigenvalue weighted by Crippen LogP contribution is 2.30. The van der Waals surface area contributed by atoms with Crippen LogP contribution >= 0.6 is 0 Å². The Morgan fingerprint density at radius 3 is 2.43 bits per heavy atom. The summed E-state index contributed by atoms with van der Waals surface area (Å²) >= 11 is 0. The Morgan fingerprint density at radius 1 is 1.17 bits per heavy atom. The fourth-order valence-corrected chi connectivity index (χ4v) is 2.62. The van der Waals surface area contributed by atoms with Gasteiger partial charge in [-0.05, 0) is 22.8 Å². The normalized spacial score (nSPS) is 10.3. The number of hydrogen-bond acceptors (Lipinski definition) is 3. The molecule has 0 amide bonds. The van der Waals surface area contributed by atoms with Crippen molar-refractivity contribution >= 4 is 5.97 Å². The summed E-state index contributed by atoms with van der Waals surface area (Å²) in [5.74, 6) is -1.06. The molecule has 0 atom stereocenters. The van der Waals surface area contributed by atoms with E-state index in [1.807, 2.05) is 36.4 Å². The molecule has 0 bridgehead atoms. The number of nitriles is 1. The van der Waals surface area contributed by atoms with Gasteiger partial charge in [-0.25, -0.2) is 4.79 Å². The van der Waals surface area contributed by atoms with Gasteiger partial charge < -0.3 is 9.67 Å². The van der Waals surface area contributed by atoms with Gasteiger partial charge in [-0.15, -0.1) is 0 Å². The molecule has 2 heterocycles. The van der Waals surface area contributed by atoms with Crippen molar-refractivity contribution in [3.05, 3.63) is 66.2 Å². The van der Waals surface area contributed by atoms with Gasteiger partial charge in [0.1, 0.15) is 11.8 Å². The molecule has 0 saturated carbocycles. The predicted molar refractivity (Wildman–Crippen MR) is 85.8 cm³/mol. The van der Waals surface area contributed by atoms with Crippen LogP contribution in [0.25, 0.3) is 22.3 Å². The van der Waals surface area contributed by atoms with Gasteiger partial charge in [0.25, 0.3) is 0 Å². The van der Waals surface area contributed by atoms with Gasteiger partial charge in [-0.1, -0.05) is 30.3 Å². The molecule has 0 unspecified atom stereocenters. The zero-order valence-corrected chi connectivity index (χ0v) is 12.4. The van der Waals surface area contributed by atoms with Crippen LogP contribution in [0.4, 0.5) is 0 Å². The standard InChI is InChI=1S/C18H13N3O2/c1-21-11-15(9-19)16(17(21)18(22)23)13-6-4-12(5-7-13)14-3-2-8-20-10-14/h2-8,10-11H,1H3,(H,22,23). The number of hydrogen-bond donors (Lipinski definition) is 1. The number of pyridine rings is 1. The topological polar surface area (TPSA) is 78.9 Å². The van der Waals surface area contributed by atoms with Crippen molar-refractivity contribution in [1.82, 2.24) is 9.55 Å². The molecule has 0 aliphatic rings. The summed E-state index contributed by atoms with van der Waals surface area (Å²) in [7, 11) is 1.62. The maximum Gasteiger partial charge on any atom is 0.353 e. The highest BCUT2D eigenvalue weighted by Gasteiger charge is 2.21. The van der Waals surface area contributed by atoms with Crippen molar-refractivity contribution in [2.75, 3.05) is 0 Å². The van der Waals surface area contributed by atoms with Crippen LogP contribution in [0.15, 0.2) is 55.0 Å². The molecule has 0 spiro atoms. The molecule has 112 valence electrons. The van der Waals surface area contributed by atoms with Crippen molar-refractivity contribution in [2.45, 2.75) is 0 Å². The molecule has 0 aliphatic carbocycles. The maximum absolute atomic E-state index is 11.5. The summed E-state index contributed by atoms with van der Waals surface area (Å²) in [6.45, 7) is 0. The summed E-state index contributed by atoms with van der Waals surface area (Å²) in [6, 6.07) is 13.3. The molecule has 23 heavy (non-hydrogen) atoms. The van der Waals surface area contributed by atoms with Crippen LogP contribution in [-0.2, 0) is 7.05 Å². The first-order chi connectivity index (χ1) is 11.1. The Balaban J connectivity index is 2.10. The van der Waals surface area contributed by atoms with Crippen LogP contribution in [0.1, 0.15) is 16.1 Å². The van der Waals surface area contributed by atoms with Crippen LogP contribution in [0.5, 0.6) is 0 Å². The van der Waals surface area contributed by atoms with Crippen molar-refractivity contribution in [3.63, 3.8) is 0 Å². The number of aromatic carboxylic acids is 1. The Labute approximate surface area is 133 Å². The molecule has 3 rings (SSSR count). The summed E-state index contributed by atoms with van der Waals surface area (Å²) in [5, 5.41) is 18.7. The van der Waals surface area contributed by atoms with E-state index in [1.165, 1.54) is 10.8 Å². The number of carbonyl (C=O) groups is 1. The molecular weight excluding hydrogens is 290 g/mol. The van der Waals surface area contributed by atoms with E-state index in [-0.39, 0.29) is 5.69 Å². The maximum atomic E-state index is 11.5. The quantitative estimate of drug-likeness (QED) is 0.805.